The molecule has 4 nitrogen and oxygen atoms in total. The first kappa shape index (κ1) is 11.0. The van der Waals surface area contributed by atoms with Crippen LogP contribution >= 0.6 is 0 Å². The lowest BCUT2D eigenvalue weighted by Gasteiger charge is -2.35. The molecule has 0 aromatic heterocycles. The monoisotopic (exact) mass is 198 g/mol. The second-order valence-corrected chi connectivity index (χ2v) is 3.89. The summed E-state index contributed by atoms with van der Waals surface area (Å²) in [7, 11) is 2.12. The third kappa shape index (κ3) is 3.38. The zero-order valence-corrected chi connectivity index (χ0v) is 8.73. The van der Waals surface area contributed by atoms with E-state index in [1.54, 1.807) is 0 Å². The number of carboxylic acid groups (broad SMARTS) is 1. The van der Waals surface area contributed by atoms with Crippen molar-refractivity contribution in [3.05, 3.63) is 12.3 Å². The van der Waals surface area contributed by atoms with E-state index in [1.807, 2.05) is 0 Å². The molecule has 1 aliphatic heterocycles. The molecule has 4 heteroatoms. The lowest BCUT2D eigenvalue weighted by molar-refractivity contribution is -0.131. The van der Waals surface area contributed by atoms with Crippen molar-refractivity contribution in [2.24, 2.45) is 0 Å². The van der Waals surface area contributed by atoms with Crippen LogP contribution in [0.3, 0.4) is 0 Å². The molecule has 1 rings (SSSR count). The van der Waals surface area contributed by atoms with Gasteiger partial charge in [0.2, 0.25) is 0 Å². The summed E-state index contributed by atoms with van der Waals surface area (Å²) in [6.07, 6.45) is 4.82. The van der Waals surface area contributed by atoms with Gasteiger partial charge in [-0.3, -0.25) is 0 Å². The van der Waals surface area contributed by atoms with Crippen molar-refractivity contribution < 1.29 is 9.90 Å². The van der Waals surface area contributed by atoms with E-state index in [2.05, 4.69) is 24.2 Å². The average molecular weight is 198 g/mol. The van der Waals surface area contributed by atoms with Crippen LogP contribution in [-0.4, -0.2) is 41.7 Å². The van der Waals surface area contributed by atoms with Gasteiger partial charge in [0.25, 0.3) is 0 Å². The molecular formula is C10H18N2O2. The molecule has 0 aliphatic carbocycles. The summed E-state index contributed by atoms with van der Waals surface area (Å²) in [6.45, 7) is 3.26. The maximum atomic E-state index is 10.2. The maximum absolute atomic E-state index is 10.2. The number of nitrogens with zero attached hydrogens (tertiary/aromatic N) is 1. The molecule has 1 fully saturated rings. The highest BCUT2D eigenvalue weighted by Crippen LogP contribution is 2.14. The summed E-state index contributed by atoms with van der Waals surface area (Å²) in [6, 6.07) is 0.983. The highest BCUT2D eigenvalue weighted by Gasteiger charge is 2.21. The van der Waals surface area contributed by atoms with E-state index in [4.69, 9.17) is 5.11 Å². The highest BCUT2D eigenvalue weighted by atomic mass is 16.4. The molecule has 1 heterocycles. The summed E-state index contributed by atoms with van der Waals surface area (Å²) < 4.78 is 0. The Bertz CT molecular complexity index is 228. The fourth-order valence-electron chi connectivity index (χ4n) is 1.70. The lowest BCUT2D eigenvalue weighted by Crippen LogP contribution is -2.44. The van der Waals surface area contributed by atoms with Gasteiger partial charge in [-0.15, -0.1) is 0 Å². The fraction of sp³-hybridized carbons (Fsp3) is 0.700. The van der Waals surface area contributed by atoms with Gasteiger partial charge in [0.1, 0.15) is 0 Å². The van der Waals surface area contributed by atoms with Crippen LogP contribution in [0, 0.1) is 0 Å². The molecule has 14 heavy (non-hydrogen) atoms. The smallest absolute Gasteiger partial charge is 0.329 e. The van der Waals surface area contributed by atoms with Gasteiger partial charge < -0.3 is 15.3 Å². The summed E-state index contributed by atoms with van der Waals surface area (Å²) in [5, 5.41) is 11.5. The van der Waals surface area contributed by atoms with Crippen LogP contribution in [-0.2, 0) is 4.79 Å². The van der Waals surface area contributed by atoms with Gasteiger partial charge >= 0.3 is 5.97 Å². The Hall–Kier alpha value is -1.03. The highest BCUT2D eigenvalue weighted by molar-refractivity contribution is 5.79. The van der Waals surface area contributed by atoms with E-state index in [1.165, 1.54) is 6.20 Å². The Morgan fingerprint density at radius 1 is 1.64 bits per heavy atom. The minimum Gasteiger partial charge on any atom is -0.478 e. The molecule has 1 aliphatic rings. The van der Waals surface area contributed by atoms with Crippen molar-refractivity contribution >= 4 is 5.97 Å². The van der Waals surface area contributed by atoms with E-state index in [9.17, 15) is 4.79 Å². The third-order valence-electron chi connectivity index (χ3n) is 2.77. The molecule has 0 amide bonds. The van der Waals surface area contributed by atoms with Crippen LogP contribution in [0.1, 0.15) is 19.8 Å². The number of hydrogen-bond acceptors (Lipinski definition) is 3. The Balaban J connectivity index is 2.30. The second-order valence-electron chi connectivity index (χ2n) is 3.89. The number of carboxylic acids is 1. The Morgan fingerprint density at radius 3 is 2.93 bits per heavy atom. The Kier molecular flexibility index (Phi) is 3.95. The molecule has 2 unspecified atom stereocenters. The molecule has 0 aromatic rings. The first-order valence-electron chi connectivity index (χ1n) is 4.95. The van der Waals surface area contributed by atoms with Crippen LogP contribution in [0.2, 0.25) is 0 Å². The molecule has 0 radical (unpaired) electrons. The molecule has 1 saturated heterocycles. The van der Waals surface area contributed by atoms with Gasteiger partial charge in [0, 0.05) is 30.9 Å². The van der Waals surface area contributed by atoms with Crippen LogP contribution in [0.25, 0.3) is 0 Å². The normalized spacial score (nSPS) is 29.3. The number of piperidine rings is 1. The van der Waals surface area contributed by atoms with Gasteiger partial charge in [-0.1, -0.05) is 0 Å². The molecule has 80 valence electrons. The summed E-state index contributed by atoms with van der Waals surface area (Å²) in [4.78, 5) is 12.5. The van der Waals surface area contributed by atoms with Crippen molar-refractivity contribution in [1.29, 1.82) is 0 Å². The topological polar surface area (TPSA) is 52.6 Å². The zero-order chi connectivity index (χ0) is 10.6. The number of aliphatic carboxylic acids is 1. The number of hydrogen-bond donors (Lipinski definition) is 2. The number of likely N-dealkylation sites (tertiary alicyclic amines) is 1. The molecule has 0 saturated carbocycles. The van der Waals surface area contributed by atoms with Gasteiger partial charge in [-0.2, -0.15) is 0 Å². The summed E-state index contributed by atoms with van der Waals surface area (Å²) >= 11 is 0. The number of carbonyl (C=O) groups is 1. The van der Waals surface area contributed by atoms with Crippen molar-refractivity contribution in [1.82, 2.24) is 10.2 Å². The zero-order valence-electron chi connectivity index (χ0n) is 8.73. The minimum absolute atomic E-state index is 0.414. The van der Waals surface area contributed by atoms with Crippen LogP contribution in [0.15, 0.2) is 12.3 Å². The van der Waals surface area contributed by atoms with Crippen molar-refractivity contribution in [3.8, 4) is 0 Å². The summed E-state index contributed by atoms with van der Waals surface area (Å²) in [5.74, 6) is -0.904. The SMILES string of the molecule is CC1CC(N/C=C/C(=O)O)CCN1C. The molecule has 0 aromatic carbocycles. The molecule has 2 N–H and O–H groups in total. The van der Waals surface area contributed by atoms with Crippen LogP contribution < -0.4 is 5.32 Å². The van der Waals surface area contributed by atoms with E-state index >= 15 is 0 Å². The van der Waals surface area contributed by atoms with Gasteiger partial charge in [-0.25, -0.2) is 4.79 Å². The fourth-order valence-corrected chi connectivity index (χ4v) is 1.70. The lowest BCUT2D eigenvalue weighted by atomic mass is 9.99. The largest absolute Gasteiger partial charge is 0.478 e. The second kappa shape index (κ2) is 5.00. The Labute approximate surface area is 84.6 Å². The maximum Gasteiger partial charge on any atom is 0.329 e. The molecule has 2 atom stereocenters. The number of rotatable bonds is 3. The third-order valence-corrected chi connectivity index (χ3v) is 2.77. The predicted octanol–water partition coefficient (Wildman–Crippen LogP) is 0.657. The average Bonchev–Trinajstić information content (AvgIpc) is 2.10. The van der Waals surface area contributed by atoms with Gasteiger partial charge in [0.05, 0.1) is 0 Å². The number of nitrogens with one attached hydrogen (secondary N) is 1. The molecular weight excluding hydrogens is 180 g/mol. The molecule has 0 bridgehead atoms. The predicted molar refractivity (Wildman–Crippen MR) is 55.0 cm³/mol. The van der Waals surface area contributed by atoms with E-state index in [0.717, 1.165) is 25.5 Å². The Morgan fingerprint density at radius 2 is 2.36 bits per heavy atom. The van der Waals surface area contributed by atoms with Crippen molar-refractivity contribution in [3.63, 3.8) is 0 Å². The van der Waals surface area contributed by atoms with E-state index in [-0.39, 0.29) is 0 Å². The van der Waals surface area contributed by atoms with Gasteiger partial charge in [-0.05, 0) is 26.8 Å². The quantitative estimate of drug-likeness (QED) is 0.654. The standard InChI is InChI=1S/C10H18N2O2/c1-8-7-9(4-6-12(8)2)11-5-3-10(13)14/h3,5,8-9,11H,4,6-7H2,1-2H3,(H,13,14)/b5-3+. The van der Waals surface area contributed by atoms with E-state index in [0.29, 0.717) is 12.1 Å². The minimum atomic E-state index is -0.904. The van der Waals surface area contributed by atoms with E-state index < -0.39 is 5.97 Å². The van der Waals surface area contributed by atoms with Crippen molar-refractivity contribution in [2.45, 2.75) is 31.8 Å². The van der Waals surface area contributed by atoms with Gasteiger partial charge in [0.15, 0.2) is 0 Å². The molecule has 0 spiro atoms. The summed E-state index contributed by atoms with van der Waals surface area (Å²) in [5.41, 5.74) is 0. The van der Waals surface area contributed by atoms with Crippen molar-refractivity contribution in [2.75, 3.05) is 13.6 Å². The van der Waals surface area contributed by atoms with Crippen LogP contribution in [0.5, 0.6) is 0 Å². The van der Waals surface area contributed by atoms with Crippen LogP contribution in [0.4, 0.5) is 0 Å². The first-order valence-corrected chi connectivity index (χ1v) is 4.95. The first-order chi connectivity index (χ1) is 6.59.